The number of aryl methyl sites for hydroxylation is 2. The van der Waals surface area contributed by atoms with Crippen molar-refractivity contribution in [3.63, 3.8) is 0 Å². The third-order valence-electron chi connectivity index (χ3n) is 8.52. The molecule has 2 N–H and O–H groups in total. The molecule has 0 bridgehead atoms. The van der Waals surface area contributed by atoms with Crippen LogP contribution in [0.15, 0.2) is 115 Å². The fourth-order valence-corrected chi connectivity index (χ4v) is 5.90. The lowest BCUT2D eigenvalue weighted by Crippen LogP contribution is -2.15. The van der Waals surface area contributed by atoms with Gasteiger partial charge in [0.05, 0.1) is 18.4 Å². The van der Waals surface area contributed by atoms with E-state index < -0.39 is 0 Å². The number of nitriles is 1. The molecule has 0 fully saturated rings. The second-order valence-electron chi connectivity index (χ2n) is 11.3. The largest absolute Gasteiger partial charge is 0.496 e. The van der Waals surface area contributed by atoms with Crippen molar-refractivity contribution in [2.24, 2.45) is 0 Å². The molecule has 0 saturated carbocycles. The van der Waals surface area contributed by atoms with E-state index in [0.717, 1.165) is 82.8 Å². The number of nitrogens with one attached hydrogen (secondary N) is 2. The van der Waals surface area contributed by atoms with E-state index in [4.69, 9.17) is 4.74 Å². The first-order valence-corrected chi connectivity index (χ1v) is 15.7. The lowest BCUT2D eigenvalue weighted by molar-refractivity contribution is 0.410. The van der Waals surface area contributed by atoms with Gasteiger partial charge in [0.2, 0.25) is 0 Å². The van der Waals surface area contributed by atoms with Crippen LogP contribution in [0, 0.1) is 11.3 Å². The molecule has 0 aliphatic heterocycles. The fourth-order valence-electron chi connectivity index (χ4n) is 5.90. The molecule has 0 radical (unpaired) electrons. The van der Waals surface area contributed by atoms with Crippen molar-refractivity contribution >= 4 is 16.8 Å². The summed E-state index contributed by atoms with van der Waals surface area (Å²) in [5.41, 5.74) is 14.7. The predicted molar refractivity (Wildman–Crippen MR) is 190 cm³/mol. The monoisotopic (exact) mass is 595 g/mol. The Kier molecular flexibility index (Phi) is 11.1. The van der Waals surface area contributed by atoms with Gasteiger partial charge in [0, 0.05) is 29.9 Å². The first-order chi connectivity index (χ1) is 21.7. The van der Waals surface area contributed by atoms with Gasteiger partial charge in [-0.15, -0.1) is 0 Å². The maximum absolute atomic E-state index is 9.58. The molecule has 1 aliphatic rings. The molecule has 0 spiro atoms. The van der Waals surface area contributed by atoms with Crippen LogP contribution in [0.2, 0.25) is 0 Å². The van der Waals surface area contributed by atoms with Crippen molar-refractivity contribution in [2.75, 3.05) is 13.7 Å². The molecule has 0 heterocycles. The molecule has 0 unspecified atom stereocenters. The van der Waals surface area contributed by atoms with Gasteiger partial charge in [0.1, 0.15) is 11.8 Å². The molecule has 230 valence electrons. The van der Waals surface area contributed by atoms with Gasteiger partial charge in [0.15, 0.2) is 0 Å². The van der Waals surface area contributed by atoms with E-state index in [9.17, 15) is 5.26 Å². The minimum atomic E-state index is 0.529. The van der Waals surface area contributed by atoms with Gasteiger partial charge < -0.3 is 15.4 Å². The van der Waals surface area contributed by atoms with Crippen molar-refractivity contribution in [3.05, 3.63) is 154 Å². The minimum Gasteiger partial charge on any atom is -0.496 e. The third-order valence-corrected chi connectivity index (χ3v) is 8.52. The number of ether oxygens (including phenoxy) is 1. The molecule has 4 nitrogen and oxygen atoms in total. The average molecular weight is 596 g/mol. The maximum atomic E-state index is 9.58. The van der Waals surface area contributed by atoms with E-state index in [1.807, 2.05) is 6.92 Å². The Labute approximate surface area is 269 Å². The second kappa shape index (κ2) is 15.1. The van der Waals surface area contributed by atoms with Crippen LogP contribution in [0.5, 0.6) is 5.75 Å². The highest BCUT2D eigenvalue weighted by molar-refractivity contribution is 5.93. The van der Waals surface area contributed by atoms with Gasteiger partial charge in [-0.2, -0.15) is 5.26 Å². The lowest BCUT2D eigenvalue weighted by Gasteiger charge is -2.16. The molecule has 1 aliphatic carbocycles. The van der Waals surface area contributed by atoms with Crippen molar-refractivity contribution in [1.82, 2.24) is 10.6 Å². The first-order valence-electron chi connectivity index (χ1n) is 15.7. The maximum Gasteiger partial charge on any atom is 0.122 e. The number of rotatable bonds is 14. The molecule has 0 atom stereocenters. The summed E-state index contributed by atoms with van der Waals surface area (Å²) in [6.45, 7) is 22.0. The summed E-state index contributed by atoms with van der Waals surface area (Å²) in [7, 11) is 1.72. The molecule has 0 amide bonds. The van der Waals surface area contributed by atoms with E-state index >= 15 is 0 Å². The second-order valence-corrected chi connectivity index (χ2v) is 11.3. The van der Waals surface area contributed by atoms with E-state index in [0.29, 0.717) is 11.3 Å². The number of methoxy groups -OCH3 is 1. The Morgan fingerprint density at radius 2 is 1.69 bits per heavy atom. The van der Waals surface area contributed by atoms with E-state index in [1.54, 1.807) is 13.2 Å². The molecule has 3 aromatic rings. The molecular weight excluding hydrogens is 550 g/mol. The number of nitrogens with zero attached hydrogens (tertiary/aromatic N) is 1. The molecule has 0 saturated heterocycles. The number of fused-ring (bicyclic) bond motifs is 1. The fraction of sp³-hybridized carbons (Fsp3) is 0.244. The molecule has 45 heavy (non-hydrogen) atoms. The smallest absolute Gasteiger partial charge is 0.122 e. The number of hydrogen-bond donors (Lipinski definition) is 2. The Hall–Kier alpha value is -5.01. The Morgan fingerprint density at radius 3 is 2.33 bits per heavy atom. The third kappa shape index (κ3) is 7.56. The summed E-state index contributed by atoms with van der Waals surface area (Å²) in [5.74, 6) is 0.948. The van der Waals surface area contributed by atoms with E-state index in [-0.39, 0.29) is 0 Å². The Balaban J connectivity index is 1.47. The summed E-state index contributed by atoms with van der Waals surface area (Å²) < 4.78 is 5.46. The van der Waals surface area contributed by atoms with Crippen LogP contribution in [-0.4, -0.2) is 13.7 Å². The number of hydrogen-bond acceptors (Lipinski definition) is 4. The van der Waals surface area contributed by atoms with Crippen LogP contribution in [0.4, 0.5) is 0 Å². The van der Waals surface area contributed by atoms with Gasteiger partial charge in [-0.25, -0.2) is 0 Å². The van der Waals surface area contributed by atoms with Crippen LogP contribution in [-0.2, 0) is 25.7 Å². The number of allylic oxidation sites excluding steroid dienone is 6. The van der Waals surface area contributed by atoms with Crippen LogP contribution in [0.25, 0.3) is 16.8 Å². The predicted octanol–water partition coefficient (Wildman–Crippen LogP) is 9.12. The Morgan fingerprint density at radius 1 is 0.978 bits per heavy atom. The highest BCUT2D eigenvalue weighted by atomic mass is 16.5. The zero-order valence-corrected chi connectivity index (χ0v) is 27.4. The van der Waals surface area contributed by atoms with Crippen molar-refractivity contribution in [3.8, 4) is 11.8 Å². The summed E-state index contributed by atoms with van der Waals surface area (Å²) in [5, 5.41) is 16.5. The van der Waals surface area contributed by atoms with E-state index in [1.165, 1.54) is 22.3 Å². The molecule has 4 heteroatoms. The normalized spacial score (nSPS) is 12.8. The van der Waals surface area contributed by atoms with Gasteiger partial charge in [0.25, 0.3) is 0 Å². The van der Waals surface area contributed by atoms with Crippen LogP contribution < -0.4 is 15.4 Å². The van der Waals surface area contributed by atoms with Crippen molar-refractivity contribution in [1.29, 1.82) is 5.26 Å². The highest BCUT2D eigenvalue weighted by Crippen LogP contribution is 2.40. The van der Waals surface area contributed by atoms with Crippen molar-refractivity contribution < 1.29 is 4.74 Å². The number of benzene rings is 3. The highest BCUT2D eigenvalue weighted by Gasteiger charge is 2.26. The lowest BCUT2D eigenvalue weighted by atomic mass is 9.94. The van der Waals surface area contributed by atoms with Gasteiger partial charge >= 0.3 is 0 Å². The Bertz CT molecular complexity index is 1740. The summed E-state index contributed by atoms with van der Waals surface area (Å²) in [6.07, 6.45) is 7.48. The quantitative estimate of drug-likeness (QED) is 0.144. The SMILES string of the molecule is C=C(/C=C(\C)c1ccc(C(=C)C2=C(NC(=C)/C(C#N)=C/C)c3cccc(CC)c3C2)cc1)NCCc1ccc(OC)c(CC)c1. The minimum absolute atomic E-state index is 0.529. The van der Waals surface area contributed by atoms with Crippen LogP contribution in [0.1, 0.15) is 66.6 Å². The van der Waals surface area contributed by atoms with Crippen molar-refractivity contribution in [2.45, 2.75) is 53.4 Å². The van der Waals surface area contributed by atoms with E-state index in [2.05, 4.69) is 124 Å². The molecule has 3 aromatic carbocycles. The average Bonchev–Trinajstić information content (AvgIpc) is 3.43. The first kappa shape index (κ1) is 32.9. The molecular formula is C41H45N3O. The summed E-state index contributed by atoms with van der Waals surface area (Å²) >= 11 is 0. The van der Waals surface area contributed by atoms with Gasteiger partial charge in [-0.1, -0.05) is 94.3 Å². The van der Waals surface area contributed by atoms with Crippen LogP contribution >= 0.6 is 0 Å². The summed E-state index contributed by atoms with van der Waals surface area (Å²) in [6, 6.07) is 23.6. The van der Waals surface area contributed by atoms with Gasteiger partial charge in [-0.05, 0) is 95.4 Å². The zero-order chi connectivity index (χ0) is 32.5. The molecule has 4 rings (SSSR count). The van der Waals surface area contributed by atoms with Crippen LogP contribution in [0.3, 0.4) is 0 Å². The zero-order valence-electron chi connectivity index (χ0n) is 27.4. The molecule has 0 aromatic heterocycles. The topological polar surface area (TPSA) is 57.1 Å². The van der Waals surface area contributed by atoms with Gasteiger partial charge in [-0.3, -0.25) is 0 Å². The summed E-state index contributed by atoms with van der Waals surface area (Å²) in [4.78, 5) is 0. The standard InChI is InChI=1S/C41H45N3O/c1-9-32-13-12-14-37-39(32)25-38(41(37)44-30(7)34(11-3)26-42)29(6)36-18-16-35(17-19-36)27(4)23-28(5)43-22-21-31-15-20-40(45-8)33(10-2)24-31/h11-20,23-24,43-44H,5-7,9-10,21-22,25H2,1-4,8H3/b27-23+,34-11+.